The zero-order valence-corrected chi connectivity index (χ0v) is 11.2. The van der Waals surface area contributed by atoms with Crippen LogP contribution in [0, 0.1) is 5.82 Å². The summed E-state index contributed by atoms with van der Waals surface area (Å²) in [6.07, 6.45) is 0. The van der Waals surface area contributed by atoms with Crippen LogP contribution in [0.4, 0.5) is 16.4 Å². The van der Waals surface area contributed by atoms with Gasteiger partial charge in [-0.15, -0.1) is 0 Å². The molecule has 0 saturated carbocycles. The van der Waals surface area contributed by atoms with Crippen LogP contribution in [-0.4, -0.2) is 15.1 Å². The summed E-state index contributed by atoms with van der Waals surface area (Å²) in [5.41, 5.74) is 2.78. The minimum atomic E-state index is -0.395. The number of aliphatic hydroxyl groups excluding tert-OH is 1. The molecular formula is C15H10FN3O3. The maximum absolute atomic E-state index is 13.1. The number of halogens is 1. The van der Waals surface area contributed by atoms with Crippen LogP contribution in [0.5, 0.6) is 0 Å². The normalized spacial score (nSPS) is 11.4. The minimum absolute atomic E-state index is 0.0672. The van der Waals surface area contributed by atoms with Crippen molar-refractivity contribution in [3.63, 3.8) is 0 Å². The first-order valence-corrected chi connectivity index (χ1v) is 6.55. The lowest BCUT2D eigenvalue weighted by Crippen LogP contribution is -1.89. The molecule has 0 fully saturated rings. The third-order valence-corrected chi connectivity index (χ3v) is 3.20. The highest BCUT2D eigenvalue weighted by Gasteiger charge is 2.11. The fourth-order valence-electron chi connectivity index (χ4n) is 2.17. The molecule has 0 amide bonds. The van der Waals surface area contributed by atoms with Crippen molar-refractivity contribution in [1.82, 2.24) is 9.97 Å². The van der Waals surface area contributed by atoms with Crippen LogP contribution in [0.3, 0.4) is 0 Å². The minimum Gasteiger partial charge on any atom is -0.423 e. The van der Waals surface area contributed by atoms with E-state index < -0.39 is 5.82 Å². The van der Waals surface area contributed by atoms with Crippen molar-refractivity contribution < 1.29 is 18.3 Å². The zero-order valence-electron chi connectivity index (χ0n) is 11.2. The molecule has 0 aliphatic rings. The molecule has 2 heterocycles. The van der Waals surface area contributed by atoms with Gasteiger partial charge in [-0.25, -0.2) is 4.39 Å². The maximum Gasteiger partial charge on any atom is 0.303 e. The molecule has 4 rings (SSSR count). The van der Waals surface area contributed by atoms with Crippen LogP contribution in [-0.2, 0) is 6.61 Å². The van der Waals surface area contributed by atoms with Gasteiger partial charge in [-0.1, -0.05) is 6.07 Å². The first-order chi connectivity index (χ1) is 10.7. The van der Waals surface area contributed by atoms with Crippen LogP contribution in [0.2, 0.25) is 0 Å². The fraction of sp³-hybridized carbons (Fsp3) is 0.0667. The van der Waals surface area contributed by atoms with Crippen molar-refractivity contribution in [3.05, 3.63) is 47.8 Å². The van der Waals surface area contributed by atoms with Gasteiger partial charge in [0.15, 0.2) is 11.2 Å². The second-order valence-electron chi connectivity index (χ2n) is 4.74. The van der Waals surface area contributed by atoms with E-state index in [0.29, 0.717) is 22.2 Å². The Balaban J connectivity index is 1.69. The third kappa shape index (κ3) is 2.17. The Morgan fingerprint density at radius 1 is 0.955 bits per heavy atom. The molecular weight excluding hydrogens is 289 g/mol. The van der Waals surface area contributed by atoms with Crippen LogP contribution in [0.15, 0.2) is 45.2 Å². The number of oxazole rings is 2. The molecule has 7 heteroatoms. The summed E-state index contributed by atoms with van der Waals surface area (Å²) in [5, 5.41) is 11.9. The number of rotatable bonds is 3. The first kappa shape index (κ1) is 12.8. The second-order valence-corrected chi connectivity index (χ2v) is 4.74. The molecule has 110 valence electrons. The standard InChI is InChI=1S/C15H10FN3O3/c16-9-2-3-10-13(6-9)22-14(17-10)19-15-18-11-5-8(7-20)1-4-12(11)21-15/h1-6,20H,7H2,(H,17,18,19). The van der Waals surface area contributed by atoms with Crippen molar-refractivity contribution in [3.8, 4) is 0 Å². The second kappa shape index (κ2) is 4.81. The molecule has 4 aromatic rings. The SMILES string of the molecule is OCc1ccc2oc(Nc3nc4ccc(F)cc4o3)nc2c1. The molecule has 2 aromatic heterocycles. The van der Waals surface area contributed by atoms with Crippen molar-refractivity contribution in [2.75, 3.05) is 5.32 Å². The average molecular weight is 299 g/mol. The summed E-state index contributed by atoms with van der Waals surface area (Å²) in [7, 11) is 0. The molecule has 0 radical (unpaired) electrons. The van der Waals surface area contributed by atoms with Gasteiger partial charge in [0.05, 0.1) is 6.61 Å². The summed E-state index contributed by atoms with van der Waals surface area (Å²) in [4.78, 5) is 8.41. The first-order valence-electron chi connectivity index (χ1n) is 6.55. The van der Waals surface area contributed by atoms with E-state index in [0.717, 1.165) is 5.56 Å². The lowest BCUT2D eigenvalue weighted by molar-refractivity contribution is 0.282. The fourth-order valence-corrected chi connectivity index (χ4v) is 2.17. The number of fused-ring (bicyclic) bond motifs is 2. The Bertz CT molecular complexity index is 977. The van der Waals surface area contributed by atoms with Crippen molar-refractivity contribution in [2.45, 2.75) is 6.61 Å². The number of nitrogens with zero attached hydrogens (tertiary/aromatic N) is 2. The number of hydrogen-bond acceptors (Lipinski definition) is 6. The molecule has 0 aliphatic carbocycles. The van der Waals surface area contributed by atoms with Gasteiger partial charge in [0.2, 0.25) is 0 Å². The van der Waals surface area contributed by atoms with E-state index in [2.05, 4.69) is 15.3 Å². The lowest BCUT2D eigenvalue weighted by Gasteiger charge is -1.92. The Kier molecular flexibility index (Phi) is 2.80. The Labute approximate surface area is 123 Å². The number of anilines is 2. The summed E-state index contributed by atoms with van der Waals surface area (Å²) >= 11 is 0. The summed E-state index contributed by atoms with van der Waals surface area (Å²) in [6, 6.07) is 9.66. The monoisotopic (exact) mass is 299 g/mol. The quantitative estimate of drug-likeness (QED) is 0.603. The van der Waals surface area contributed by atoms with E-state index in [1.54, 1.807) is 18.2 Å². The van der Waals surface area contributed by atoms with Crippen LogP contribution in [0.25, 0.3) is 22.2 Å². The highest BCUT2D eigenvalue weighted by atomic mass is 19.1. The molecule has 2 N–H and O–H groups in total. The number of nitrogens with one attached hydrogen (secondary N) is 1. The average Bonchev–Trinajstić information content (AvgIpc) is 3.08. The largest absolute Gasteiger partial charge is 0.423 e. The van der Waals surface area contributed by atoms with E-state index in [4.69, 9.17) is 13.9 Å². The van der Waals surface area contributed by atoms with Gasteiger partial charge in [-0.2, -0.15) is 9.97 Å². The smallest absolute Gasteiger partial charge is 0.303 e. The van der Waals surface area contributed by atoms with E-state index in [1.807, 2.05) is 0 Å². The number of benzene rings is 2. The number of aliphatic hydroxyl groups is 1. The molecule has 0 atom stereocenters. The van der Waals surface area contributed by atoms with Crippen LogP contribution >= 0.6 is 0 Å². The highest BCUT2D eigenvalue weighted by molar-refractivity contribution is 5.77. The molecule has 0 spiro atoms. The molecule has 0 bridgehead atoms. The van der Waals surface area contributed by atoms with Gasteiger partial charge in [0.25, 0.3) is 0 Å². The predicted octanol–water partition coefficient (Wildman–Crippen LogP) is 3.34. The summed E-state index contributed by atoms with van der Waals surface area (Å²) < 4.78 is 24.0. The van der Waals surface area contributed by atoms with Gasteiger partial charge >= 0.3 is 12.0 Å². The Hall–Kier alpha value is -2.93. The lowest BCUT2D eigenvalue weighted by atomic mass is 10.2. The van der Waals surface area contributed by atoms with Gasteiger partial charge < -0.3 is 13.9 Å². The molecule has 6 nitrogen and oxygen atoms in total. The van der Waals surface area contributed by atoms with Crippen LogP contribution in [0.1, 0.15) is 5.56 Å². The van der Waals surface area contributed by atoms with E-state index in [1.165, 1.54) is 18.2 Å². The predicted molar refractivity (Wildman–Crippen MR) is 77.2 cm³/mol. The number of aromatic nitrogens is 2. The van der Waals surface area contributed by atoms with Crippen LogP contribution < -0.4 is 5.32 Å². The van der Waals surface area contributed by atoms with Gasteiger partial charge in [0.1, 0.15) is 16.9 Å². The molecule has 2 aromatic carbocycles. The summed E-state index contributed by atoms with van der Waals surface area (Å²) in [5.74, 6) is -0.395. The molecule has 0 unspecified atom stereocenters. The van der Waals surface area contributed by atoms with E-state index in [9.17, 15) is 4.39 Å². The molecule has 0 saturated heterocycles. The van der Waals surface area contributed by atoms with E-state index in [-0.39, 0.29) is 18.6 Å². The summed E-state index contributed by atoms with van der Waals surface area (Å²) in [6.45, 7) is -0.0672. The molecule has 0 aliphatic heterocycles. The van der Waals surface area contributed by atoms with Crippen molar-refractivity contribution in [1.29, 1.82) is 0 Å². The topological polar surface area (TPSA) is 84.3 Å². The third-order valence-electron chi connectivity index (χ3n) is 3.20. The highest BCUT2D eigenvalue weighted by Crippen LogP contribution is 2.25. The van der Waals surface area contributed by atoms with Gasteiger partial charge in [-0.3, -0.25) is 5.32 Å². The van der Waals surface area contributed by atoms with Crippen molar-refractivity contribution in [2.24, 2.45) is 0 Å². The van der Waals surface area contributed by atoms with E-state index >= 15 is 0 Å². The zero-order chi connectivity index (χ0) is 15.1. The van der Waals surface area contributed by atoms with Crippen molar-refractivity contribution >= 4 is 34.2 Å². The van der Waals surface area contributed by atoms with Gasteiger partial charge in [-0.05, 0) is 29.8 Å². The Morgan fingerprint density at radius 2 is 1.73 bits per heavy atom. The number of hydrogen-bond donors (Lipinski definition) is 2. The molecule has 22 heavy (non-hydrogen) atoms. The van der Waals surface area contributed by atoms with Gasteiger partial charge in [0, 0.05) is 6.07 Å². The maximum atomic E-state index is 13.1. The Morgan fingerprint density at radius 3 is 2.55 bits per heavy atom.